The number of piperidine rings is 1. The van der Waals surface area contributed by atoms with Gasteiger partial charge >= 0.3 is 0 Å². The van der Waals surface area contributed by atoms with Crippen molar-refractivity contribution in [3.8, 4) is 11.8 Å². The molecule has 0 bridgehead atoms. The van der Waals surface area contributed by atoms with Crippen LogP contribution in [0.4, 0.5) is 10.1 Å². The fraction of sp³-hybridized carbons (Fsp3) is 0.450. The van der Waals surface area contributed by atoms with Gasteiger partial charge in [0.15, 0.2) is 0 Å². The highest BCUT2D eigenvalue weighted by molar-refractivity contribution is 5.80. The molecule has 156 valence electrons. The number of nitrogens with zero attached hydrogens (tertiary/aromatic N) is 6. The molecule has 2 aromatic rings. The van der Waals surface area contributed by atoms with Crippen LogP contribution in [-0.2, 0) is 18.4 Å². The van der Waals surface area contributed by atoms with Gasteiger partial charge in [-0.15, -0.1) is 0 Å². The fourth-order valence-corrected chi connectivity index (χ4v) is 3.96. The van der Waals surface area contributed by atoms with Crippen LogP contribution in [0.25, 0.3) is 0 Å². The van der Waals surface area contributed by atoms with Crippen molar-refractivity contribution in [3.05, 3.63) is 46.1 Å². The van der Waals surface area contributed by atoms with E-state index in [1.807, 2.05) is 6.07 Å². The van der Waals surface area contributed by atoms with E-state index >= 15 is 4.39 Å². The van der Waals surface area contributed by atoms with Crippen molar-refractivity contribution in [2.45, 2.75) is 19.1 Å². The van der Waals surface area contributed by atoms with Crippen molar-refractivity contribution in [2.24, 2.45) is 13.0 Å². The largest absolute Gasteiger partial charge is 0.490 e. The number of anilines is 1. The van der Waals surface area contributed by atoms with Crippen molar-refractivity contribution in [2.75, 3.05) is 31.1 Å². The van der Waals surface area contributed by atoms with Crippen molar-refractivity contribution < 1.29 is 13.9 Å². The van der Waals surface area contributed by atoms with Crippen LogP contribution in [0.5, 0.6) is 5.75 Å². The van der Waals surface area contributed by atoms with Crippen molar-refractivity contribution in [1.82, 2.24) is 19.7 Å². The van der Waals surface area contributed by atoms with Crippen LogP contribution in [0.3, 0.4) is 0 Å². The highest BCUT2D eigenvalue weighted by Crippen LogP contribution is 2.29. The van der Waals surface area contributed by atoms with Crippen LogP contribution in [0, 0.1) is 17.2 Å². The quantitative estimate of drug-likeness (QED) is 0.713. The molecule has 1 fully saturated rings. The smallest absolute Gasteiger partial charge is 0.290 e. The van der Waals surface area contributed by atoms with Gasteiger partial charge in [-0.05, 0) is 12.5 Å². The number of amides is 1. The van der Waals surface area contributed by atoms with Crippen LogP contribution in [0.15, 0.2) is 29.5 Å². The van der Waals surface area contributed by atoms with Crippen LogP contribution >= 0.6 is 0 Å². The van der Waals surface area contributed by atoms with Crippen molar-refractivity contribution in [3.63, 3.8) is 0 Å². The molecule has 1 saturated heterocycles. The van der Waals surface area contributed by atoms with E-state index < -0.39 is 12.1 Å². The molecular formula is C20H21FN6O3. The molecule has 2 aliphatic heterocycles. The average molecular weight is 412 g/mol. The summed E-state index contributed by atoms with van der Waals surface area (Å²) in [5.74, 6) is -0.646. The molecule has 4 rings (SSSR count). The average Bonchev–Trinajstić information content (AvgIpc) is 2.97. The molecule has 0 aromatic carbocycles. The minimum absolute atomic E-state index is 0.0310. The molecule has 0 aliphatic carbocycles. The Morgan fingerprint density at radius 2 is 2.20 bits per heavy atom. The lowest BCUT2D eigenvalue weighted by atomic mass is 9.93. The molecule has 0 unspecified atom stereocenters. The summed E-state index contributed by atoms with van der Waals surface area (Å²) in [4.78, 5) is 32.6. The molecule has 0 spiro atoms. The number of rotatable bonds is 2. The molecule has 2 atom stereocenters. The normalized spacial score (nSPS) is 21.2. The lowest BCUT2D eigenvalue weighted by molar-refractivity contribution is -0.139. The standard InChI is InChI=1S/C20H21FN6O3/c1-25-20(29)17(2-4-24-25)26-5-3-15(16(21)12-26)19(28)27-6-7-30-18-13(8-22)9-23-10-14(18)11-27/h2,4,9-10,15-16H,3,5-7,11-12H2,1H3/t15-,16-/m0/s1. The number of ether oxygens (including phenoxy) is 1. The Morgan fingerprint density at radius 1 is 1.37 bits per heavy atom. The van der Waals surface area contributed by atoms with Crippen molar-refractivity contribution >= 4 is 11.6 Å². The second kappa shape index (κ2) is 8.10. The zero-order chi connectivity index (χ0) is 21.3. The van der Waals surface area contributed by atoms with Gasteiger partial charge in [0.1, 0.15) is 35.8 Å². The number of fused-ring (bicyclic) bond motifs is 1. The predicted molar refractivity (Wildman–Crippen MR) is 105 cm³/mol. The Balaban J connectivity index is 1.48. The first-order valence-electron chi connectivity index (χ1n) is 9.69. The van der Waals surface area contributed by atoms with E-state index in [0.717, 1.165) is 0 Å². The second-order valence-electron chi connectivity index (χ2n) is 7.40. The number of halogens is 1. The molecule has 0 saturated carbocycles. The van der Waals surface area contributed by atoms with E-state index in [1.54, 1.807) is 29.1 Å². The number of aromatic nitrogens is 3. The number of pyridine rings is 1. The lowest BCUT2D eigenvalue weighted by Crippen LogP contribution is -2.50. The van der Waals surface area contributed by atoms with Gasteiger partial charge < -0.3 is 14.5 Å². The van der Waals surface area contributed by atoms with Gasteiger partial charge in [0.25, 0.3) is 5.56 Å². The van der Waals surface area contributed by atoms with Gasteiger partial charge in [0.05, 0.1) is 25.6 Å². The number of carbonyl (C=O) groups is 1. The number of hydrogen-bond acceptors (Lipinski definition) is 7. The monoisotopic (exact) mass is 412 g/mol. The molecule has 4 heterocycles. The van der Waals surface area contributed by atoms with Gasteiger partial charge in [-0.2, -0.15) is 10.4 Å². The summed E-state index contributed by atoms with van der Waals surface area (Å²) in [6.45, 7) is 1.11. The van der Waals surface area contributed by atoms with Crippen LogP contribution in [0.2, 0.25) is 0 Å². The first-order chi connectivity index (χ1) is 14.5. The number of aryl methyl sites for hydroxylation is 1. The maximum absolute atomic E-state index is 15.0. The Morgan fingerprint density at radius 3 is 2.97 bits per heavy atom. The predicted octanol–water partition coefficient (Wildman–Crippen LogP) is 0.633. The van der Waals surface area contributed by atoms with E-state index in [4.69, 9.17) is 4.74 Å². The molecule has 30 heavy (non-hydrogen) atoms. The van der Waals surface area contributed by atoms with E-state index in [9.17, 15) is 14.9 Å². The fourth-order valence-electron chi connectivity index (χ4n) is 3.96. The molecule has 0 radical (unpaired) electrons. The highest BCUT2D eigenvalue weighted by atomic mass is 19.1. The van der Waals surface area contributed by atoms with Gasteiger partial charge in [-0.3, -0.25) is 14.6 Å². The third-order valence-electron chi connectivity index (χ3n) is 5.56. The summed E-state index contributed by atoms with van der Waals surface area (Å²) in [6, 6.07) is 3.61. The second-order valence-corrected chi connectivity index (χ2v) is 7.40. The van der Waals surface area contributed by atoms with Crippen LogP contribution in [-0.4, -0.2) is 58.0 Å². The van der Waals surface area contributed by atoms with E-state index in [1.165, 1.54) is 17.1 Å². The maximum atomic E-state index is 15.0. The van der Waals surface area contributed by atoms with E-state index in [2.05, 4.69) is 10.1 Å². The van der Waals surface area contributed by atoms with Crippen LogP contribution in [0.1, 0.15) is 17.5 Å². The van der Waals surface area contributed by atoms with E-state index in [-0.39, 0.29) is 31.2 Å². The molecule has 2 aliphatic rings. The Labute approximate surface area is 172 Å². The number of hydrogen-bond donors (Lipinski definition) is 0. The topological polar surface area (TPSA) is 104 Å². The zero-order valence-electron chi connectivity index (χ0n) is 16.5. The maximum Gasteiger partial charge on any atom is 0.290 e. The molecular weight excluding hydrogens is 391 g/mol. The van der Waals surface area contributed by atoms with E-state index in [0.29, 0.717) is 42.1 Å². The van der Waals surface area contributed by atoms with Gasteiger partial charge in [0.2, 0.25) is 5.91 Å². The summed E-state index contributed by atoms with van der Waals surface area (Å²) >= 11 is 0. The third kappa shape index (κ3) is 3.58. The molecule has 9 nitrogen and oxygen atoms in total. The van der Waals surface area contributed by atoms with Gasteiger partial charge in [-0.25, -0.2) is 9.07 Å². The van der Waals surface area contributed by atoms with Crippen LogP contribution < -0.4 is 15.2 Å². The molecule has 10 heteroatoms. The first kappa shape index (κ1) is 19.8. The number of nitriles is 1. The minimum Gasteiger partial charge on any atom is -0.490 e. The van der Waals surface area contributed by atoms with Crippen molar-refractivity contribution in [1.29, 1.82) is 5.26 Å². The Hall–Kier alpha value is -3.48. The summed E-state index contributed by atoms with van der Waals surface area (Å²) in [5.41, 5.74) is 1.04. The molecule has 0 N–H and O–H groups in total. The Bertz CT molecular complexity index is 1070. The summed E-state index contributed by atoms with van der Waals surface area (Å²) in [6.07, 6.45) is 3.38. The molecule has 1 amide bonds. The SMILES string of the molecule is Cn1nccc(N2CC[C@H](C(=O)N3CCOc4c(C#N)cncc4C3)[C@@H](F)C2)c1=O. The summed E-state index contributed by atoms with van der Waals surface area (Å²) < 4.78 is 21.9. The zero-order valence-corrected chi connectivity index (χ0v) is 16.5. The highest BCUT2D eigenvalue weighted by Gasteiger charge is 2.38. The third-order valence-corrected chi connectivity index (χ3v) is 5.56. The number of carbonyl (C=O) groups excluding carboxylic acids is 1. The van der Waals surface area contributed by atoms with Gasteiger partial charge in [-0.1, -0.05) is 0 Å². The first-order valence-corrected chi connectivity index (χ1v) is 9.69. The lowest BCUT2D eigenvalue weighted by Gasteiger charge is -2.36. The summed E-state index contributed by atoms with van der Waals surface area (Å²) in [7, 11) is 1.54. The summed E-state index contributed by atoms with van der Waals surface area (Å²) in [5, 5.41) is 13.1. The van der Waals surface area contributed by atoms with Gasteiger partial charge in [0, 0.05) is 37.7 Å². The molecule has 2 aromatic heterocycles. The minimum atomic E-state index is -1.41. The number of alkyl halides is 1. The Kier molecular flexibility index (Phi) is 5.35.